The van der Waals surface area contributed by atoms with E-state index in [0.717, 1.165) is 42.7 Å². The van der Waals surface area contributed by atoms with Crippen LogP contribution < -0.4 is 10.4 Å². The van der Waals surface area contributed by atoms with Gasteiger partial charge in [0.25, 0.3) is 0 Å². The average Bonchev–Trinajstić information content (AvgIpc) is 2.97. The molecule has 5 nitrogen and oxygen atoms in total. The molecule has 2 aromatic carbocycles. The van der Waals surface area contributed by atoms with Crippen LogP contribution in [-0.4, -0.2) is 21.4 Å². The Labute approximate surface area is 172 Å². The van der Waals surface area contributed by atoms with Crippen molar-refractivity contribution in [2.24, 2.45) is 0 Å². The Hall–Kier alpha value is -2.95. The summed E-state index contributed by atoms with van der Waals surface area (Å²) in [7, 11) is 1.66. The number of methoxy groups -OCH3 is 1. The summed E-state index contributed by atoms with van der Waals surface area (Å²) >= 11 is 0. The molecule has 0 radical (unpaired) electrons. The topological polar surface area (TPSA) is 56.4 Å². The van der Waals surface area contributed by atoms with E-state index < -0.39 is 0 Å². The van der Waals surface area contributed by atoms with Crippen LogP contribution in [0.25, 0.3) is 0 Å². The van der Waals surface area contributed by atoms with Crippen LogP contribution >= 0.6 is 0 Å². The maximum Gasteiger partial charge on any atom is 0.331 e. The van der Waals surface area contributed by atoms with Crippen LogP contribution in [0.1, 0.15) is 36.6 Å². The van der Waals surface area contributed by atoms with E-state index in [-0.39, 0.29) is 11.6 Å². The van der Waals surface area contributed by atoms with E-state index in [1.54, 1.807) is 11.7 Å². The van der Waals surface area contributed by atoms with Crippen LogP contribution in [0.4, 0.5) is 0 Å². The predicted octanol–water partition coefficient (Wildman–Crippen LogP) is 4.19. The molecule has 1 N–H and O–H groups in total. The highest BCUT2D eigenvalue weighted by atomic mass is 16.5. The number of aromatic hydroxyl groups is 1. The number of ether oxygens (including phenoxy) is 1. The monoisotopic (exact) mass is 394 g/mol. The molecule has 0 bridgehead atoms. The normalized spacial score (nSPS) is 11.0. The molecule has 3 aromatic rings. The molecule has 0 unspecified atom stereocenters. The number of hydrogen-bond donors (Lipinski definition) is 1. The van der Waals surface area contributed by atoms with Crippen molar-refractivity contribution in [3.63, 3.8) is 0 Å². The summed E-state index contributed by atoms with van der Waals surface area (Å²) in [6, 6.07) is 18.1. The second-order valence-electron chi connectivity index (χ2n) is 7.29. The minimum atomic E-state index is -0.111. The summed E-state index contributed by atoms with van der Waals surface area (Å²) < 4.78 is 8.46. The quantitative estimate of drug-likeness (QED) is 0.561. The molecule has 0 aliphatic heterocycles. The molecule has 1 heterocycles. The third kappa shape index (κ3) is 5.11. The Morgan fingerprint density at radius 2 is 1.55 bits per heavy atom. The number of rotatable bonds is 10. The molecular formula is C24H30N2O3. The standard InChI is InChI=1S/C24H30N2O3/c1-3-17-25-22(11-7-10-20-12-14-21(29-2)15-13-20)23(27)26(24(25)28)18-16-19-8-5-4-6-9-19/h4-6,8-9,12-15,27H,3,7,10-11,16-18H2,1-2H3. The number of nitrogens with zero attached hydrogens (tertiary/aromatic N) is 2. The molecule has 0 saturated heterocycles. The molecule has 0 fully saturated rings. The van der Waals surface area contributed by atoms with Gasteiger partial charge in [-0.2, -0.15) is 0 Å². The highest BCUT2D eigenvalue weighted by molar-refractivity contribution is 5.27. The van der Waals surface area contributed by atoms with Crippen LogP contribution in [0.15, 0.2) is 59.4 Å². The number of aryl methyl sites for hydroxylation is 2. The fourth-order valence-corrected chi connectivity index (χ4v) is 3.67. The summed E-state index contributed by atoms with van der Waals surface area (Å²) in [5, 5.41) is 10.8. The fraction of sp³-hybridized carbons (Fsp3) is 0.375. The molecule has 0 aliphatic carbocycles. The molecule has 3 rings (SSSR count). The lowest BCUT2D eigenvalue weighted by atomic mass is 10.1. The van der Waals surface area contributed by atoms with Gasteiger partial charge in [0, 0.05) is 13.1 Å². The number of benzene rings is 2. The van der Waals surface area contributed by atoms with Crippen LogP contribution in [-0.2, 0) is 32.4 Å². The van der Waals surface area contributed by atoms with Gasteiger partial charge in [-0.25, -0.2) is 4.79 Å². The summed E-state index contributed by atoms with van der Waals surface area (Å²) in [6.07, 6.45) is 4.00. The summed E-state index contributed by atoms with van der Waals surface area (Å²) in [6.45, 7) is 3.16. The Morgan fingerprint density at radius 3 is 2.21 bits per heavy atom. The SMILES string of the molecule is CCCn1c(CCCc2ccc(OC)cc2)c(O)n(CCc2ccccc2)c1=O. The lowest BCUT2D eigenvalue weighted by Crippen LogP contribution is -2.25. The van der Waals surface area contributed by atoms with Crippen molar-refractivity contribution in [2.75, 3.05) is 7.11 Å². The van der Waals surface area contributed by atoms with Gasteiger partial charge in [-0.1, -0.05) is 49.4 Å². The van der Waals surface area contributed by atoms with Crippen molar-refractivity contribution >= 4 is 0 Å². The third-order valence-electron chi connectivity index (χ3n) is 5.25. The van der Waals surface area contributed by atoms with E-state index in [1.807, 2.05) is 49.4 Å². The summed E-state index contributed by atoms with van der Waals surface area (Å²) in [4.78, 5) is 12.9. The van der Waals surface area contributed by atoms with Gasteiger partial charge in [0.1, 0.15) is 5.75 Å². The van der Waals surface area contributed by atoms with Gasteiger partial charge in [-0.05, 0) is 55.4 Å². The van der Waals surface area contributed by atoms with E-state index >= 15 is 0 Å². The first-order valence-electron chi connectivity index (χ1n) is 10.3. The second-order valence-corrected chi connectivity index (χ2v) is 7.29. The lowest BCUT2D eigenvalue weighted by molar-refractivity contribution is 0.407. The van der Waals surface area contributed by atoms with Crippen molar-refractivity contribution in [3.05, 3.63) is 81.9 Å². The molecule has 154 valence electrons. The fourth-order valence-electron chi connectivity index (χ4n) is 3.67. The molecule has 29 heavy (non-hydrogen) atoms. The van der Waals surface area contributed by atoms with Gasteiger partial charge in [0.2, 0.25) is 5.88 Å². The highest BCUT2D eigenvalue weighted by Crippen LogP contribution is 2.20. The lowest BCUT2D eigenvalue weighted by Gasteiger charge is -2.07. The highest BCUT2D eigenvalue weighted by Gasteiger charge is 2.18. The Bertz CT molecular complexity index is 956. The van der Waals surface area contributed by atoms with E-state index in [2.05, 4.69) is 12.1 Å². The summed E-state index contributed by atoms with van der Waals surface area (Å²) in [5.41, 5.74) is 3.01. The number of hydrogen-bond acceptors (Lipinski definition) is 3. The maximum absolute atomic E-state index is 12.9. The zero-order valence-corrected chi connectivity index (χ0v) is 17.3. The van der Waals surface area contributed by atoms with Crippen molar-refractivity contribution in [3.8, 4) is 11.6 Å². The maximum atomic E-state index is 12.9. The average molecular weight is 395 g/mol. The zero-order chi connectivity index (χ0) is 20.6. The van der Waals surface area contributed by atoms with Crippen LogP contribution in [0.3, 0.4) is 0 Å². The molecule has 5 heteroatoms. The number of aromatic nitrogens is 2. The molecule has 0 aliphatic rings. The smallest absolute Gasteiger partial charge is 0.331 e. The Balaban J connectivity index is 1.71. The van der Waals surface area contributed by atoms with Gasteiger partial charge in [0.15, 0.2) is 0 Å². The van der Waals surface area contributed by atoms with Gasteiger partial charge >= 0.3 is 5.69 Å². The third-order valence-corrected chi connectivity index (χ3v) is 5.25. The van der Waals surface area contributed by atoms with Crippen molar-refractivity contribution in [2.45, 2.75) is 52.1 Å². The Morgan fingerprint density at radius 1 is 0.862 bits per heavy atom. The van der Waals surface area contributed by atoms with Gasteiger partial charge < -0.3 is 9.84 Å². The van der Waals surface area contributed by atoms with E-state index in [1.165, 1.54) is 10.1 Å². The zero-order valence-electron chi connectivity index (χ0n) is 17.3. The van der Waals surface area contributed by atoms with Crippen LogP contribution in [0, 0.1) is 0 Å². The van der Waals surface area contributed by atoms with Crippen LogP contribution in [0.2, 0.25) is 0 Å². The van der Waals surface area contributed by atoms with E-state index in [9.17, 15) is 9.90 Å². The summed E-state index contributed by atoms with van der Waals surface area (Å²) in [5.74, 6) is 0.966. The Kier molecular flexibility index (Phi) is 7.17. The van der Waals surface area contributed by atoms with Gasteiger partial charge in [-0.3, -0.25) is 9.13 Å². The molecule has 0 saturated carbocycles. The van der Waals surface area contributed by atoms with E-state index in [4.69, 9.17) is 4.74 Å². The van der Waals surface area contributed by atoms with Gasteiger partial charge in [-0.15, -0.1) is 0 Å². The molecule has 0 amide bonds. The van der Waals surface area contributed by atoms with Gasteiger partial charge in [0.05, 0.1) is 12.8 Å². The molecule has 0 spiro atoms. The van der Waals surface area contributed by atoms with Crippen molar-refractivity contribution < 1.29 is 9.84 Å². The minimum absolute atomic E-state index is 0.111. The largest absolute Gasteiger partial charge is 0.497 e. The van der Waals surface area contributed by atoms with Crippen molar-refractivity contribution in [1.29, 1.82) is 0 Å². The molecule has 1 aromatic heterocycles. The van der Waals surface area contributed by atoms with Crippen LogP contribution in [0.5, 0.6) is 11.6 Å². The van der Waals surface area contributed by atoms with E-state index in [0.29, 0.717) is 19.5 Å². The van der Waals surface area contributed by atoms with Crippen molar-refractivity contribution in [1.82, 2.24) is 9.13 Å². The first-order chi connectivity index (χ1) is 14.1. The molecular weight excluding hydrogens is 364 g/mol. The number of imidazole rings is 1. The second kappa shape index (κ2) is 10.0. The predicted molar refractivity (Wildman–Crippen MR) is 116 cm³/mol. The first-order valence-corrected chi connectivity index (χ1v) is 10.3. The minimum Gasteiger partial charge on any atom is -0.497 e. The first kappa shape index (κ1) is 20.8. The molecule has 0 atom stereocenters.